The average Bonchev–Trinajstić information content (AvgIpc) is 3.12. The maximum Gasteiger partial charge on any atom is 0.251 e. The van der Waals surface area contributed by atoms with Crippen molar-refractivity contribution < 1.29 is 8.83 Å². The van der Waals surface area contributed by atoms with E-state index in [0.717, 1.165) is 28.0 Å². The number of aryl methyl sites for hydroxylation is 2. The van der Waals surface area contributed by atoms with Crippen LogP contribution in [0.5, 0.6) is 0 Å². The minimum atomic E-state index is 0.379. The molecule has 3 aromatic heterocycles. The maximum absolute atomic E-state index is 6.19. The van der Waals surface area contributed by atoms with E-state index in [-0.39, 0.29) is 0 Å². The predicted molar refractivity (Wildman–Crippen MR) is 87.2 cm³/mol. The number of pyridine rings is 1. The molecule has 0 aliphatic heterocycles. The zero-order valence-corrected chi connectivity index (χ0v) is 13.3. The molecular weight excluding hydrogens is 314 g/mol. The first-order valence-electron chi connectivity index (χ1n) is 7.07. The molecule has 0 radical (unpaired) electrons. The normalized spacial score (nSPS) is 11.3. The van der Waals surface area contributed by atoms with Gasteiger partial charge in [0.05, 0.1) is 16.6 Å². The van der Waals surface area contributed by atoms with E-state index in [9.17, 15) is 0 Å². The summed E-state index contributed by atoms with van der Waals surface area (Å²) in [5, 5.41) is 9.79. The number of hydrogen-bond acceptors (Lipinski definition) is 5. The fourth-order valence-electron chi connectivity index (χ4n) is 2.60. The van der Waals surface area contributed by atoms with E-state index in [0.29, 0.717) is 22.4 Å². The molecule has 0 aliphatic carbocycles. The third-order valence-electron chi connectivity index (χ3n) is 3.60. The summed E-state index contributed by atoms with van der Waals surface area (Å²) in [6.07, 6.45) is 1.72. The topological polar surface area (TPSA) is 65.0 Å². The lowest BCUT2D eigenvalue weighted by Gasteiger charge is -2.02. The van der Waals surface area contributed by atoms with E-state index in [1.807, 2.05) is 38.1 Å². The molecule has 0 aliphatic rings. The standard InChI is InChI=1S/C17H12ClN3O2/c1-9-6-13(10(2)22-9)16-20-21-17(23-16)14-8-12(18)7-11-4-3-5-19-15(11)14/h3-8H,1-2H3. The van der Waals surface area contributed by atoms with Crippen LogP contribution in [-0.2, 0) is 0 Å². The fraction of sp³-hybridized carbons (Fsp3) is 0.118. The SMILES string of the molecule is Cc1cc(-c2nnc(-c3cc(Cl)cc4cccnc34)o2)c(C)o1. The van der Waals surface area contributed by atoms with E-state index >= 15 is 0 Å². The number of hydrogen-bond donors (Lipinski definition) is 0. The molecule has 0 atom stereocenters. The zero-order valence-electron chi connectivity index (χ0n) is 12.5. The van der Waals surface area contributed by atoms with Crippen molar-refractivity contribution >= 4 is 22.5 Å². The summed E-state index contributed by atoms with van der Waals surface area (Å²) in [6.45, 7) is 3.74. The molecular formula is C17H12ClN3O2. The Morgan fingerprint density at radius 2 is 1.74 bits per heavy atom. The molecule has 4 aromatic rings. The number of furan rings is 1. The van der Waals surface area contributed by atoms with Gasteiger partial charge in [-0.3, -0.25) is 4.98 Å². The number of rotatable bonds is 2. The highest BCUT2D eigenvalue weighted by Crippen LogP contribution is 2.32. The fourth-order valence-corrected chi connectivity index (χ4v) is 2.83. The smallest absolute Gasteiger partial charge is 0.251 e. The zero-order chi connectivity index (χ0) is 16.0. The van der Waals surface area contributed by atoms with Gasteiger partial charge in [-0.1, -0.05) is 17.7 Å². The van der Waals surface area contributed by atoms with Gasteiger partial charge in [-0.15, -0.1) is 10.2 Å². The van der Waals surface area contributed by atoms with Gasteiger partial charge in [0.1, 0.15) is 11.5 Å². The van der Waals surface area contributed by atoms with Crippen LogP contribution in [0.1, 0.15) is 11.5 Å². The van der Waals surface area contributed by atoms with Gasteiger partial charge in [0, 0.05) is 16.6 Å². The summed E-state index contributed by atoms with van der Waals surface area (Å²) in [4.78, 5) is 4.40. The van der Waals surface area contributed by atoms with Gasteiger partial charge in [-0.2, -0.15) is 0 Å². The van der Waals surface area contributed by atoms with Gasteiger partial charge in [0.25, 0.3) is 5.89 Å². The van der Waals surface area contributed by atoms with E-state index in [2.05, 4.69) is 15.2 Å². The van der Waals surface area contributed by atoms with Crippen molar-refractivity contribution in [1.82, 2.24) is 15.2 Å². The number of benzene rings is 1. The van der Waals surface area contributed by atoms with E-state index in [1.165, 1.54) is 0 Å². The Morgan fingerprint density at radius 3 is 2.48 bits per heavy atom. The largest absolute Gasteiger partial charge is 0.466 e. The molecule has 0 bridgehead atoms. The van der Waals surface area contributed by atoms with Crippen LogP contribution in [0.4, 0.5) is 0 Å². The molecule has 0 spiro atoms. The van der Waals surface area contributed by atoms with E-state index in [1.54, 1.807) is 12.3 Å². The van der Waals surface area contributed by atoms with Crippen LogP contribution in [0, 0.1) is 13.8 Å². The first-order valence-corrected chi connectivity index (χ1v) is 7.45. The van der Waals surface area contributed by atoms with Crippen molar-refractivity contribution in [1.29, 1.82) is 0 Å². The highest BCUT2D eigenvalue weighted by molar-refractivity contribution is 6.31. The van der Waals surface area contributed by atoms with Gasteiger partial charge < -0.3 is 8.83 Å². The Labute approximate surface area is 136 Å². The first kappa shape index (κ1) is 14.0. The Bertz CT molecular complexity index is 1020. The van der Waals surface area contributed by atoms with Crippen LogP contribution in [0.25, 0.3) is 33.8 Å². The molecule has 0 N–H and O–H groups in total. The number of fused-ring (bicyclic) bond motifs is 1. The third-order valence-corrected chi connectivity index (χ3v) is 3.81. The van der Waals surface area contributed by atoms with Crippen LogP contribution in [-0.4, -0.2) is 15.2 Å². The second-order valence-corrected chi connectivity index (χ2v) is 5.70. The summed E-state index contributed by atoms with van der Waals surface area (Å²) in [5.41, 5.74) is 2.28. The Kier molecular flexibility index (Phi) is 3.16. The van der Waals surface area contributed by atoms with Gasteiger partial charge in [-0.05, 0) is 38.1 Å². The Morgan fingerprint density at radius 1 is 0.957 bits per heavy atom. The van der Waals surface area contributed by atoms with Crippen LogP contribution in [0.3, 0.4) is 0 Å². The van der Waals surface area contributed by atoms with Gasteiger partial charge in [-0.25, -0.2) is 0 Å². The van der Waals surface area contributed by atoms with Gasteiger partial charge in [0.2, 0.25) is 5.89 Å². The molecule has 3 heterocycles. The minimum absolute atomic E-state index is 0.379. The second kappa shape index (κ2) is 5.21. The predicted octanol–water partition coefficient (Wildman–Crippen LogP) is 4.82. The van der Waals surface area contributed by atoms with Crippen molar-refractivity contribution in [3.05, 3.63) is 53.1 Å². The summed E-state index contributed by atoms with van der Waals surface area (Å²) >= 11 is 6.19. The lowest BCUT2D eigenvalue weighted by molar-refractivity contribution is 0.503. The molecule has 0 amide bonds. The molecule has 114 valence electrons. The minimum Gasteiger partial charge on any atom is -0.466 e. The average molecular weight is 326 g/mol. The van der Waals surface area contributed by atoms with Crippen LogP contribution < -0.4 is 0 Å². The lowest BCUT2D eigenvalue weighted by Crippen LogP contribution is -1.85. The van der Waals surface area contributed by atoms with Crippen molar-refractivity contribution in [3.8, 4) is 22.9 Å². The summed E-state index contributed by atoms with van der Waals surface area (Å²) < 4.78 is 11.3. The van der Waals surface area contributed by atoms with E-state index in [4.69, 9.17) is 20.4 Å². The summed E-state index contributed by atoms with van der Waals surface area (Å²) in [5.74, 6) is 2.33. The van der Waals surface area contributed by atoms with Crippen LogP contribution in [0.15, 0.2) is 45.4 Å². The monoisotopic (exact) mass is 325 g/mol. The molecule has 6 heteroatoms. The molecule has 0 fully saturated rings. The van der Waals surface area contributed by atoms with Crippen molar-refractivity contribution in [2.75, 3.05) is 0 Å². The number of halogens is 1. The number of aromatic nitrogens is 3. The van der Waals surface area contributed by atoms with Gasteiger partial charge in [0.15, 0.2) is 0 Å². The summed E-state index contributed by atoms with van der Waals surface area (Å²) in [7, 11) is 0. The summed E-state index contributed by atoms with van der Waals surface area (Å²) in [6, 6.07) is 9.31. The molecule has 0 unspecified atom stereocenters. The molecule has 23 heavy (non-hydrogen) atoms. The molecule has 5 nitrogen and oxygen atoms in total. The van der Waals surface area contributed by atoms with Crippen LogP contribution in [0.2, 0.25) is 5.02 Å². The van der Waals surface area contributed by atoms with Crippen molar-refractivity contribution in [3.63, 3.8) is 0 Å². The maximum atomic E-state index is 6.19. The Balaban J connectivity index is 1.88. The lowest BCUT2D eigenvalue weighted by atomic mass is 10.1. The van der Waals surface area contributed by atoms with E-state index < -0.39 is 0 Å². The number of nitrogens with zero attached hydrogens (tertiary/aromatic N) is 3. The first-order chi connectivity index (χ1) is 11.1. The highest BCUT2D eigenvalue weighted by Gasteiger charge is 2.17. The van der Waals surface area contributed by atoms with Crippen LogP contribution >= 0.6 is 11.6 Å². The molecule has 1 aromatic carbocycles. The third kappa shape index (κ3) is 2.39. The molecule has 4 rings (SSSR count). The van der Waals surface area contributed by atoms with Gasteiger partial charge >= 0.3 is 0 Å². The quantitative estimate of drug-likeness (QED) is 0.529. The second-order valence-electron chi connectivity index (χ2n) is 5.27. The van der Waals surface area contributed by atoms with Crippen molar-refractivity contribution in [2.45, 2.75) is 13.8 Å². The highest BCUT2D eigenvalue weighted by atomic mass is 35.5. The Hall–Kier alpha value is -2.66. The van der Waals surface area contributed by atoms with Crippen molar-refractivity contribution in [2.24, 2.45) is 0 Å². The molecule has 0 saturated heterocycles. The molecule has 0 saturated carbocycles.